The van der Waals surface area contributed by atoms with Gasteiger partial charge in [-0.15, -0.1) is 10.2 Å². The van der Waals surface area contributed by atoms with E-state index in [9.17, 15) is 9.90 Å². The SMILES string of the molecule is Cc1nnc(CN2CCCC(C)C2C(=O)O)o1. The molecule has 17 heavy (non-hydrogen) atoms. The number of rotatable bonds is 3. The third kappa shape index (κ3) is 2.63. The van der Waals surface area contributed by atoms with E-state index in [4.69, 9.17) is 4.42 Å². The van der Waals surface area contributed by atoms with Crippen LogP contribution in [0.4, 0.5) is 0 Å². The molecule has 2 rings (SSSR count). The number of aryl methyl sites for hydroxylation is 1. The highest BCUT2D eigenvalue weighted by Crippen LogP contribution is 2.24. The molecule has 0 spiro atoms. The number of hydrogen-bond donors (Lipinski definition) is 1. The van der Waals surface area contributed by atoms with Gasteiger partial charge in [0, 0.05) is 6.92 Å². The first-order valence-corrected chi connectivity index (χ1v) is 5.84. The molecular weight excluding hydrogens is 222 g/mol. The van der Waals surface area contributed by atoms with Crippen LogP contribution in [-0.2, 0) is 11.3 Å². The van der Waals surface area contributed by atoms with E-state index in [0.29, 0.717) is 18.3 Å². The van der Waals surface area contributed by atoms with Crippen molar-refractivity contribution in [2.45, 2.75) is 39.3 Å². The van der Waals surface area contributed by atoms with Gasteiger partial charge in [-0.05, 0) is 25.3 Å². The summed E-state index contributed by atoms with van der Waals surface area (Å²) in [6, 6.07) is -0.448. The second-order valence-electron chi connectivity index (χ2n) is 4.59. The van der Waals surface area contributed by atoms with Crippen molar-refractivity contribution in [2.24, 2.45) is 5.92 Å². The molecule has 0 radical (unpaired) electrons. The smallest absolute Gasteiger partial charge is 0.321 e. The first-order valence-electron chi connectivity index (χ1n) is 5.84. The Morgan fingerprint density at radius 1 is 1.59 bits per heavy atom. The van der Waals surface area contributed by atoms with Gasteiger partial charge in [-0.25, -0.2) is 0 Å². The van der Waals surface area contributed by atoms with E-state index >= 15 is 0 Å². The van der Waals surface area contributed by atoms with Gasteiger partial charge in [0.1, 0.15) is 6.04 Å². The number of hydrogen-bond acceptors (Lipinski definition) is 5. The summed E-state index contributed by atoms with van der Waals surface area (Å²) in [6.45, 7) is 4.89. The summed E-state index contributed by atoms with van der Waals surface area (Å²) < 4.78 is 5.29. The lowest BCUT2D eigenvalue weighted by molar-refractivity contribution is -0.147. The molecule has 0 aromatic carbocycles. The number of aromatic nitrogens is 2. The fourth-order valence-corrected chi connectivity index (χ4v) is 2.43. The molecule has 1 saturated heterocycles. The molecule has 2 atom stereocenters. The summed E-state index contributed by atoms with van der Waals surface area (Å²) in [5, 5.41) is 16.9. The molecule has 2 heterocycles. The fourth-order valence-electron chi connectivity index (χ4n) is 2.43. The molecule has 1 N–H and O–H groups in total. The maximum atomic E-state index is 11.3. The zero-order valence-corrected chi connectivity index (χ0v) is 10.1. The molecule has 0 saturated carbocycles. The number of aliphatic carboxylic acids is 1. The van der Waals surface area contributed by atoms with Gasteiger partial charge < -0.3 is 9.52 Å². The van der Waals surface area contributed by atoms with Gasteiger partial charge >= 0.3 is 5.97 Å². The average molecular weight is 239 g/mol. The molecule has 1 aliphatic rings. The minimum atomic E-state index is -0.770. The fraction of sp³-hybridized carbons (Fsp3) is 0.727. The molecule has 1 aromatic heterocycles. The largest absolute Gasteiger partial charge is 0.480 e. The van der Waals surface area contributed by atoms with Gasteiger partial charge in [-0.3, -0.25) is 9.69 Å². The van der Waals surface area contributed by atoms with Crippen molar-refractivity contribution >= 4 is 5.97 Å². The van der Waals surface area contributed by atoms with Crippen molar-refractivity contribution in [1.29, 1.82) is 0 Å². The van der Waals surface area contributed by atoms with Crippen molar-refractivity contribution in [3.8, 4) is 0 Å². The minimum absolute atomic E-state index is 0.158. The first-order chi connectivity index (χ1) is 8.08. The average Bonchev–Trinajstić information content (AvgIpc) is 2.63. The van der Waals surface area contributed by atoms with Crippen LogP contribution in [-0.4, -0.2) is 38.8 Å². The lowest BCUT2D eigenvalue weighted by atomic mass is 9.91. The summed E-state index contributed by atoms with van der Waals surface area (Å²) in [7, 11) is 0. The quantitative estimate of drug-likeness (QED) is 0.849. The Balaban J connectivity index is 2.09. The van der Waals surface area contributed by atoms with Gasteiger partial charge in [-0.2, -0.15) is 0 Å². The van der Waals surface area contributed by atoms with Crippen LogP contribution in [0.15, 0.2) is 4.42 Å². The number of carboxylic acids is 1. The summed E-state index contributed by atoms with van der Waals surface area (Å²) in [5.74, 6) is 0.387. The molecule has 1 fully saturated rings. The Morgan fingerprint density at radius 3 is 2.94 bits per heavy atom. The van der Waals surface area contributed by atoms with Crippen molar-refractivity contribution in [3.63, 3.8) is 0 Å². The predicted molar refractivity (Wildman–Crippen MR) is 59.3 cm³/mol. The Hall–Kier alpha value is -1.43. The molecule has 1 aliphatic heterocycles. The van der Waals surface area contributed by atoms with E-state index in [1.807, 2.05) is 11.8 Å². The van der Waals surface area contributed by atoms with E-state index in [2.05, 4.69) is 10.2 Å². The predicted octanol–water partition coefficient (Wildman–Crippen LogP) is 1.06. The normalized spacial score (nSPS) is 26.0. The van der Waals surface area contributed by atoms with Crippen molar-refractivity contribution in [3.05, 3.63) is 11.8 Å². The van der Waals surface area contributed by atoms with Gasteiger partial charge in [0.15, 0.2) is 0 Å². The van der Waals surface area contributed by atoms with E-state index in [0.717, 1.165) is 19.4 Å². The van der Waals surface area contributed by atoms with E-state index in [1.54, 1.807) is 6.92 Å². The van der Waals surface area contributed by atoms with Crippen LogP contribution < -0.4 is 0 Å². The molecular formula is C11H17N3O3. The molecule has 0 amide bonds. The first kappa shape index (κ1) is 12.0. The summed E-state index contributed by atoms with van der Waals surface area (Å²) in [4.78, 5) is 13.2. The van der Waals surface area contributed by atoms with Crippen molar-refractivity contribution in [2.75, 3.05) is 6.54 Å². The maximum Gasteiger partial charge on any atom is 0.321 e. The Labute approximate surface area is 99.6 Å². The number of nitrogens with zero attached hydrogens (tertiary/aromatic N) is 3. The third-order valence-electron chi connectivity index (χ3n) is 3.20. The molecule has 2 unspecified atom stereocenters. The van der Waals surface area contributed by atoms with E-state index in [1.165, 1.54) is 0 Å². The zero-order chi connectivity index (χ0) is 12.4. The van der Waals surface area contributed by atoms with Crippen LogP contribution in [0, 0.1) is 12.8 Å². The Bertz CT molecular complexity index is 404. The highest BCUT2D eigenvalue weighted by molar-refractivity contribution is 5.74. The Morgan fingerprint density at radius 2 is 2.35 bits per heavy atom. The molecule has 1 aromatic rings. The highest BCUT2D eigenvalue weighted by Gasteiger charge is 2.34. The van der Waals surface area contributed by atoms with Crippen LogP contribution in [0.5, 0.6) is 0 Å². The minimum Gasteiger partial charge on any atom is -0.480 e. The van der Waals surface area contributed by atoms with Gasteiger partial charge in [-0.1, -0.05) is 6.92 Å². The molecule has 6 heteroatoms. The van der Waals surface area contributed by atoms with Crippen molar-refractivity contribution < 1.29 is 14.3 Å². The number of carbonyl (C=O) groups is 1. The standard InChI is InChI=1S/C11H17N3O3/c1-7-4-3-5-14(10(7)11(15)16)6-9-13-12-8(2)17-9/h7,10H,3-6H2,1-2H3,(H,15,16). The van der Waals surface area contributed by atoms with Crippen LogP contribution in [0.25, 0.3) is 0 Å². The van der Waals surface area contributed by atoms with E-state index < -0.39 is 12.0 Å². The molecule has 6 nitrogen and oxygen atoms in total. The van der Waals surface area contributed by atoms with Gasteiger partial charge in [0.05, 0.1) is 6.54 Å². The monoisotopic (exact) mass is 239 g/mol. The van der Waals surface area contributed by atoms with Crippen LogP contribution >= 0.6 is 0 Å². The lowest BCUT2D eigenvalue weighted by Crippen LogP contribution is -2.48. The molecule has 0 aliphatic carbocycles. The van der Waals surface area contributed by atoms with Crippen LogP contribution in [0.1, 0.15) is 31.5 Å². The second kappa shape index (κ2) is 4.83. The molecule has 0 bridgehead atoms. The zero-order valence-electron chi connectivity index (χ0n) is 10.1. The number of carboxylic acid groups (broad SMARTS) is 1. The summed E-state index contributed by atoms with van der Waals surface area (Å²) in [5.41, 5.74) is 0. The van der Waals surface area contributed by atoms with Crippen LogP contribution in [0.3, 0.4) is 0 Å². The van der Waals surface area contributed by atoms with Crippen LogP contribution in [0.2, 0.25) is 0 Å². The Kier molecular flexibility index (Phi) is 3.42. The summed E-state index contributed by atoms with van der Waals surface area (Å²) in [6.07, 6.45) is 1.97. The third-order valence-corrected chi connectivity index (χ3v) is 3.20. The van der Waals surface area contributed by atoms with E-state index in [-0.39, 0.29) is 5.92 Å². The maximum absolute atomic E-state index is 11.3. The second-order valence-corrected chi connectivity index (χ2v) is 4.59. The molecule has 94 valence electrons. The lowest BCUT2D eigenvalue weighted by Gasteiger charge is -2.36. The van der Waals surface area contributed by atoms with Crippen molar-refractivity contribution in [1.82, 2.24) is 15.1 Å². The highest BCUT2D eigenvalue weighted by atomic mass is 16.4. The topological polar surface area (TPSA) is 79.5 Å². The summed E-state index contributed by atoms with van der Waals surface area (Å²) >= 11 is 0. The number of likely N-dealkylation sites (tertiary alicyclic amines) is 1. The van der Waals surface area contributed by atoms with Gasteiger partial charge in [0.2, 0.25) is 11.8 Å². The number of piperidine rings is 1. The van der Waals surface area contributed by atoms with Gasteiger partial charge in [0.25, 0.3) is 0 Å².